The summed E-state index contributed by atoms with van der Waals surface area (Å²) in [6, 6.07) is 0. The zero-order chi connectivity index (χ0) is 12.0. The van der Waals surface area contributed by atoms with Gasteiger partial charge in [-0.1, -0.05) is 6.08 Å². The lowest BCUT2D eigenvalue weighted by Crippen LogP contribution is -2.05. The number of rotatable bonds is 6. The highest BCUT2D eigenvalue weighted by Gasteiger charge is 2.15. The summed E-state index contributed by atoms with van der Waals surface area (Å²) in [5, 5.41) is 4.13. The van der Waals surface area contributed by atoms with Crippen LogP contribution in [0.2, 0.25) is 0 Å². The highest BCUT2D eigenvalue weighted by Crippen LogP contribution is 2.17. The summed E-state index contributed by atoms with van der Waals surface area (Å²) in [5.41, 5.74) is 0.473. The van der Waals surface area contributed by atoms with Crippen LogP contribution < -0.4 is 0 Å². The van der Waals surface area contributed by atoms with Crippen LogP contribution in [0.1, 0.15) is 30.1 Å². The predicted octanol–water partition coefficient (Wildman–Crippen LogP) is 2.79. The summed E-state index contributed by atoms with van der Waals surface area (Å²) in [5.74, 6) is -0.343. The van der Waals surface area contributed by atoms with Crippen LogP contribution in [0.4, 0.5) is 0 Å². The molecule has 4 nitrogen and oxygen atoms in total. The van der Waals surface area contributed by atoms with E-state index in [9.17, 15) is 4.79 Å². The van der Waals surface area contributed by atoms with Gasteiger partial charge < -0.3 is 4.74 Å². The second-order valence-electron chi connectivity index (χ2n) is 3.22. The second kappa shape index (κ2) is 6.48. The average molecular weight is 287 g/mol. The maximum absolute atomic E-state index is 11.5. The van der Waals surface area contributed by atoms with Crippen molar-refractivity contribution in [1.82, 2.24) is 9.78 Å². The molecular formula is C11H15BrN2O2. The molecule has 1 rings (SSSR count). The first kappa shape index (κ1) is 13.0. The van der Waals surface area contributed by atoms with Gasteiger partial charge in [0.1, 0.15) is 10.2 Å². The van der Waals surface area contributed by atoms with E-state index in [1.54, 1.807) is 11.6 Å². The fraction of sp³-hybridized carbons (Fsp3) is 0.455. The Kier molecular flexibility index (Phi) is 5.25. The SMILES string of the molecule is C=CCCCn1ncc(C(=O)OCC)c1Br. The third-order valence-corrected chi connectivity index (χ3v) is 2.89. The van der Waals surface area contributed by atoms with Gasteiger partial charge in [-0.2, -0.15) is 5.10 Å². The molecule has 1 aromatic rings. The number of allylic oxidation sites excluding steroid dienone is 1. The molecule has 0 amide bonds. The molecule has 1 aromatic heterocycles. The van der Waals surface area contributed by atoms with Crippen LogP contribution in [0, 0.1) is 0 Å². The maximum atomic E-state index is 11.5. The summed E-state index contributed by atoms with van der Waals surface area (Å²) in [6.07, 6.45) is 5.27. The van der Waals surface area contributed by atoms with Crippen molar-refractivity contribution in [3.05, 3.63) is 29.0 Å². The Morgan fingerprint density at radius 3 is 3.12 bits per heavy atom. The molecule has 0 N–H and O–H groups in total. The van der Waals surface area contributed by atoms with Gasteiger partial charge in [0.25, 0.3) is 0 Å². The monoisotopic (exact) mass is 286 g/mol. The van der Waals surface area contributed by atoms with Crippen LogP contribution in [-0.2, 0) is 11.3 Å². The number of aryl methyl sites for hydroxylation is 1. The molecule has 0 radical (unpaired) electrons. The molecule has 16 heavy (non-hydrogen) atoms. The molecule has 0 saturated carbocycles. The first-order valence-corrected chi connectivity index (χ1v) is 5.99. The van der Waals surface area contributed by atoms with Crippen molar-refractivity contribution in [1.29, 1.82) is 0 Å². The minimum atomic E-state index is -0.343. The summed E-state index contributed by atoms with van der Waals surface area (Å²) < 4.78 is 7.33. The largest absolute Gasteiger partial charge is 0.462 e. The molecule has 0 spiro atoms. The van der Waals surface area contributed by atoms with Crippen molar-refractivity contribution >= 4 is 21.9 Å². The van der Waals surface area contributed by atoms with Crippen molar-refractivity contribution in [2.24, 2.45) is 0 Å². The summed E-state index contributed by atoms with van der Waals surface area (Å²) >= 11 is 3.35. The van der Waals surface area contributed by atoms with Crippen molar-refractivity contribution in [3.63, 3.8) is 0 Å². The standard InChI is InChI=1S/C11H15BrN2O2/c1-3-5-6-7-14-10(12)9(8-13-14)11(15)16-4-2/h3,8H,1,4-7H2,2H3. The zero-order valence-electron chi connectivity index (χ0n) is 9.28. The van der Waals surface area contributed by atoms with E-state index >= 15 is 0 Å². The molecule has 0 aliphatic rings. The van der Waals surface area contributed by atoms with E-state index in [4.69, 9.17) is 4.74 Å². The van der Waals surface area contributed by atoms with Crippen LogP contribution in [0.15, 0.2) is 23.5 Å². The van der Waals surface area contributed by atoms with Crippen LogP contribution in [0.3, 0.4) is 0 Å². The molecule has 0 aliphatic carbocycles. The number of nitrogens with zero attached hydrogens (tertiary/aromatic N) is 2. The van der Waals surface area contributed by atoms with Gasteiger partial charge in [-0.25, -0.2) is 4.79 Å². The van der Waals surface area contributed by atoms with E-state index in [2.05, 4.69) is 27.6 Å². The molecule has 0 unspecified atom stereocenters. The number of esters is 1. The number of halogens is 1. The maximum Gasteiger partial charge on any atom is 0.342 e. The minimum Gasteiger partial charge on any atom is -0.462 e. The first-order chi connectivity index (χ1) is 7.70. The predicted molar refractivity (Wildman–Crippen MR) is 65.3 cm³/mol. The number of hydrogen-bond acceptors (Lipinski definition) is 3. The fourth-order valence-electron chi connectivity index (χ4n) is 1.26. The second-order valence-corrected chi connectivity index (χ2v) is 3.97. The number of hydrogen-bond donors (Lipinski definition) is 0. The fourth-order valence-corrected chi connectivity index (χ4v) is 1.79. The Hall–Kier alpha value is -1.10. The van der Waals surface area contributed by atoms with E-state index < -0.39 is 0 Å². The molecule has 0 fully saturated rings. The highest BCUT2D eigenvalue weighted by molar-refractivity contribution is 9.10. The zero-order valence-corrected chi connectivity index (χ0v) is 10.9. The van der Waals surface area contributed by atoms with E-state index in [0.29, 0.717) is 16.8 Å². The number of ether oxygens (including phenoxy) is 1. The molecule has 88 valence electrons. The molecule has 0 aromatic carbocycles. The minimum absolute atomic E-state index is 0.343. The molecule has 0 bridgehead atoms. The van der Waals surface area contributed by atoms with E-state index in [1.165, 1.54) is 6.20 Å². The normalized spacial score (nSPS) is 10.1. The van der Waals surface area contributed by atoms with Crippen molar-refractivity contribution in [2.45, 2.75) is 26.3 Å². The van der Waals surface area contributed by atoms with Crippen LogP contribution in [0.25, 0.3) is 0 Å². The van der Waals surface area contributed by atoms with E-state index in [-0.39, 0.29) is 5.97 Å². The van der Waals surface area contributed by atoms with Gasteiger partial charge in [0.15, 0.2) is 0 Å². The summed E-state index contributed by atoms with van der Waals surface area (Å²) in [7, 11) is 0. The molecular weight excluding hydrogens is 272 g/mol. The summed E-state index contributed by atoms with van der Waals surface area (Å²) in [4.78, 5) is 11.5. The van der Waals surface area contributed by atoms with Crippen molar-refractivity contribution < 1.29 is 9.53 Å². The van der Waals surface area contributed by atoms with Crippen LogP contribution >= 0.6 is 15.9 Å². The number of carbonyl (C=O) groups is 1. The lowest BCUT2D eigenvalue weighted by molar-refractivity contribution is 0.0525. The third-order valence-electron chi connectivity index (χ3n) is 2.05. The van der Waals surface area contributed by atoms with Gasteiger partial charge in [0.05, 0.1) is 12.8 Å². The topological polar surface area (TPSA) is 44.1 Å². The van der Waals surface area contributed by atoms with Gasteiger partial charge in [0.2, 0.25) is 0 Å². The Balaban J connectivity index is 2.68. The Morgan fingerprint density at radius 1 is 1.75 bits per heavy atom. The third kappa shape index (κ3) is 3.20. The van der Waals surface area contributed by atoms with Gasteiger partial charge in [-0.05, 0) is 35.7 Å². The van der Waals surface area contributed by atoms with Crippen LogP contribution in [-0.4, -0.2) is 22.4 Å². The molecule has 1 heterocycles. The molecule has 0 atom stereocenters. The molecule has 0 aliphatic heterocycles. The van der Waals surface area contributed by atoms with Crippen molar-refractivity contribution in [3.8, 4) is 0 Å². The highest BCUT2D eigenvalue weighted by atomic mass is 79.9. The Morgan fingerprint density at radius 2 is 2.50 bits per heavy atom. The summed E-state index contributed by atoms with van der Waals surface area (Å²) in [6.45, 7) is 6.56. The first-order valence-electron chi connectivity index (χ1n) is 5.20. The quantitative estimate of drug-likeness (QED) is 0.459. The van der Waals surface area contributed by atoms with Crippen LogP contribution in [0.5, 0.6) is 0 Å². The average Bonchev–Trinajstić information content (AvgIpc) is 2.61. The molecule has 5 heteroatoms. The van der Waals surface area contributed by atoms with Gasteiger partial charge in [0, 0.05) is 6.54 Å². The van der Waals surface area contributed by atoms with Crippen molar-refractivity contribution in [2.75, 3.05) is 6.61 Å². The van der Waals surface area contributed by atoms with E-state index in [0.717, 1.165) is 19.4 Å². The number of carbonyl (C=O) groups excluding carboxylic acids is 1. The van der Waals surface area contributed by atoms with Gasteiger partial charge in [-0.3, -0.25) is 4.68 Å². The Bertz CT molecular complexity index is 374. The van der Waals surface area contributed by atoms with Gasteiger partial charge >= 0.3 is 5.97 Å². The smallest absolute Gasteiger partial charge is 0.342 e. The Labute approximate surface area is 103 Å². The van der Waals surface area contributed by atoms with Gasteiger partial charge in [-0.15, -0.1) is 6.58 Å². The van der Waals surface area contributed by atoms with E-state index in [1.807, 2.05) is 6.08 Å². The molecule has 0 saturated heterocycles. The number of unbranched alkanes of at least 4 members (excludes halogenated alkanes) is 1. The lowest BCUT2D eigenvalue weighted by atomic mass is 10.3. The number of aromatic nitrogens is 2. The lowest BCUT2D eigenvalue weighted by Gasteiger charge is -2.02.